The lowest BCUT2D eigenvalue weighted by Crippen LogP contribution is -2.28. The van der Waals surface area contributed by atoms with E-state index in [1.54, 1.807) is 37.8 Å². The predicted octanol–water partition coefficient (Wildman–Crippen LogP) is 3.92. The van der Waals surface area contributed by atoms with Gasteiger partial charge in [-0.3, -0.25) is 0 Å². The molecule has 0 spiro atoms. The molecule has 1 heterocycles. The molecular formula is C19H19ClN4O2. The molecule has 134 valence electrons. The van der Waals surface area contributed by atoms with Crippen molar-refractivity contribution in [3.8, 4) is 5.75 Å². The molecule has 26 heavy (non-hydrogen) atoms. The van der Waals surface area contributed by atoms with Crippen LogP contribution in [0, 0.1) is 0 Å². The first-order valence-electron chi connectivity index (χ1n) is 8.06. The van der Waals surface area contributed by atoms with Crippen LogP contribution in [0.4, 0.5) is 10.5 Å². The molecule has 6 nitrogen and oxygen atoms in total. The van der Waals surface area contributed by atoms with Crippen LogP contribution < -0.4 is 15.4 Å². The van der Waals surface area contributed by atoms with Crippen molar-refractivity contribution in [1.82, 2.24) is 14.9 Å². The Labute approximate surface area is 156 Å². The van der Waals surface area contributed by atoms with E-state index in [2.05, 4.69) is 15.6 Å². The number of hydrogen-bond acceptors (Lipinski definition) is 3. The Morgan fingerprint density at radius 2 is 2.04 bits per heavy atom. The third kappa shape index (κ3) is 4.55. The lowest BCUT2D eigenvalue weighted by atomic mass is 10.1. The molecule has 0 fully saturated rings. The first-order chi connectivity index (χ1) is 12.7. The van der Waals surface area contributed by atoms with Crippen molar-refractivity contribution in [2.75, 3.05) is 12.4 Å². The molecule has 2 amide bonds. The lowest BCUT2D eigenvalue weighted by molar-refractivity contribution is 0.251. The molecule has 0 unspecified atom stereocenters. The van der Waals surface area contributed by atoms with Crippen molar-refractivity contribution in [3.63, 3.8) is 0 Å². The van der Waals surface area contributed by atoms with E-state index >= 15 is 0 Å². The largest absolute Gasteiger partial charge is 0.495 e. The van der Waals surface area contributed by atoms with Crippen LogP contribution >= 0.6 is 11.6 Å². The number of benzene rings is 2. The molecule has 0 aliphatic carbocycles. The van der Waals surface area contributed by atoms with Gasteiger partial charge in [0.2, 0.25) is 0 Å². The van der Waals surface area contributed by atoms with Gasteiger partial charge in [-0.2, -0.15) is 0 Å². The number of methoxy groups -OCH3 is 1. The Hall–Kier alpha value is -2.99. The van der Waals surface area contributed by atoms with Crippen LogP contribution in [0.25, 0.3) is 0 Å². The molecule has 0 atom stereocenters. The van der Waals surface area contributed by atoms with E-state index in [1.807, 2.05) is 35.0 Å². The van der Waals surface area contributed by atoms with Gasteiger partial charge in [-0.1, -0.05) is 35.9 Å². The second kappa shape index (κ2) is 8.40. The number of rotatable bonds is 6. The topological polar surface area (TPSA) is 68.2 Å². The molecule has 2 N–H and O–H groups in total. The summed E-state index contributed by atoms with van der Waals surface area (Å²) < 4.78 is 7.21. The SMILES string of the molecule is COc1ccc(Cl)cc1NC(=O)NCc1ccccc1Cn1ccnc1. The Balaban J connectivity index is 1.64. The van der Waals surface area contributed by atoms with Crippen LogP contribution in [0.1, 0.15) is 11.1 Å². The van der Waals surface area contributed by atoms with Crippen molar-refractivity contribution < 1.29 is 9.53 Å². The zero-order chi connectivity index (χ0) is 18.4. The third-order valence-electron chi connectivity index (χ3n) is 3.88. The summed E-state index contributed by atoms with van der Waals surface area (Å²) in [6.45, 7) is 1.10. The number of nitrogens with zero attached hydrogens (tertiary/aromatic N) is 2. The van der Waals surface area contributed by atoms with E-state index in [0.717, 1.165) is 11.1 Å². The minimum Gasteiger partial charge on any atom is -0.495 e. The zero-order valence-corrected chi connectivity index (χ0v) is 15.0. The molecule has 3 aromatic rings. The Kier molecular flexibility index (Phi) is 5.76. The first-order valence-corrected chi connectivity index (χ1v) is 8.44. The number of aromatic nitrogens is 2. The number of ether oxygens (including phenoxy) is 1. The Bertz CT molecular complexity index is 881. The number of imidazole rings is 1. The fraction of sp³-hybridized carbons (Fsp3) is 0.158. The van der Waals surface area contributed by atoms with Gasteiger partial charge in [0.1, 0.15) is 5.75 Å². The average molecular weight is 371 g/mol. The molecule has 0 aliphatic rings. The maximum Gasteiger partial charge on any atom is 0.319 e. The molecule has 0 saturated carbocycles. The van der Waals surface area contributed by atoms with E-state index in [-0.39, 0.29) is 6.03 Å². The van der Waals surface area contributed by atoms with Gasteiger partial charge in [0.25, 0.3) is 0 Å². The Morgan fingerprint density at radius 1 is 1.23 bits per heavy atom. The third-order valence-corrected chi connectivity index (χ3v) is 4.11. The molecule has 7 heteroatoms. The number of anilines is 1. The van der Waals surface area contributed by atoms with Gasteiger partial charge in [0.15, 0.2) is 0 Å². The maximum absolute atomic E-state index is 12.3. The number of carbonyl (C=O) groups excluding carboxylic acids is 1. The summed E-state index contributed by atoms with van der Waals surface area (Å²) in [5, 5.41) is 6.15. The summed E-state index contributed by atoms with van der Waals surface area (Å²) in [7, 11) is 1.54. The first kappa shape index (κ1) is 17.8. The van der Waals surface area contributed by atoms with E-state index in [1.165, 1.54) is 0 Å². The summed E-state index contributed by atoms with van der Waals surface area (Å²) in [5.74, 6) is 0.546. The smallest absolute Gasteiger partial charge is 0.319 e. The highest BCUT2D eigenvalue weighted by Gasteiger charge is 2.09. The van der Waals surface area contributed by atoms with Crippen molar-refractivity contribution in [3.05, 3.63) is 77.3 Å². The highest BCUT2D eigenvalue weighted by molar-refractivity contribution is 6.31. The van der Waals surface area contributed by atoms with Gasteiger partial charge >= 0.3 is 6.03 Å². The van der Waals surface area contributed by atoms with Crippen molar-refractivity contribution in [2.45, 2.75) is 13.1 Å². The van der Waals surface area contributed by atoms with Crippen molar-refractivity contribution in [1.29, 1.82) is 0 Å². The van der Waals surface area contributed by atoms with Crippen LogP contribution in [0.15, 0.2) is 61.2 Å². The molecule has 2 aromatic carbocycles. The minimum absolute atomic E-state index is 0.331. The molecular weight excluding hydrogens is 352 g/mol. The molecule has 0 saturated heterocycles. The number of carbonyl (C=O) groups is 1. The van der Waals surface area contributed by atoms with Crippen molar-refractivity contribution >= 4 is 23.3 Å². The van der Waals surface area contributed by atoms with E-state index in [0.29, 0.717) is 29.5 Å². The highest BCUT2D eigenvalue weighted by atomic mass is 35.5. The minimum atomic E-state index is -0.331. The number of halogens is 1. The highest BCUT2D eigenvalue weighted by Crippen LogP contribution is 2.27. The van der Waals surface area contributed by atoms with Crippen LogP contribution in [0.2, 0.25) is 5.02 Å². The second-order valence-electron chi connectivity index (χ2n) is 5.66. The lowest BCUT2D eigenvalue weighted by Gasteiger charge is -2.13. The normalized spacial score (nSPS) is 10.4. The van der Waals surface area contributed by atoms with Gasteiger partial charge < -0.3 is 19.9 Å². The van der Waals surface area contributed by atoms with Gasteiger partial charge in [-0.25, -0.2) is 9.78 Å². The number of hydrogen-bond donors (Lipinski definition) is 2. The molecule has 0 radical (unpaired) electrons. The second-order valence-corrected chi connectivity index (χ2v) is 6.09. The summed E-state index contributed by atoms with van der Waals surface area (Å²) in [6, 6.07) is 12.7. The van der Waals surface area contributed by atoms with Gasteiger partial charge in [0.05, 0.1) is 19.1 Å². The molecule has 0 bridgehead atoms. The number of urea groups is 1. The van der Waals surface area contributed by atoms with Crippen LogP contribution in [-0.2, 0) is 13.1 Å². The molecule has 0 aliphatic heterocycles. The van der Waals surface area contributed by atoms with Gasteiger partial charge in [-0.05, 0) is 29.3 Å². The van der Waals surface area contributed by atoms with Crippen LogP contribution in [-0.4, -0.2) is 22.7 Å². The molecule has 3 rings (SSSR count). The summed E-state index contributed by atoms with van der Waals surface area (Å²) >= 11 is 5.98. The molecule has 1 aromatic heterocycles. The quantitative estimate of drug-likeness (QED) is 0.691. The number of amides is 2. The summed E-state index contributed by atoms with van der Waals surface area (Å²) in [4.78, 5) is 16.3. The van der Waals surface area contributed by atoms with Gasteiger partial charge in [0, 0.05) is 30.5 Å². The maximum atomic E-state index is 12.3. The monoisotopic (exact) mass is 370 g/mol. The average Bonchev–Trinajstić information content (AvgIpc) is 3.14. The van der Waals surface area contributed by atoms with E-state index in [4.69, 9.17) is 16.3 Å². The standard InChI is InChI=1S/C19H19ClN4O2/c1-26-18-7-6-16(20)10-17(18)23-19(25)22-11-14-4-2-3-5-15(14)12-24-9-8-21-13-24/h2-10,13H,11-12H2,1H3,(H2,22,23,25). The number of nitrogens with one attached hydrogen (secondary N) is 2. The van der Waals surface area contributed by atoms with Gasteiger partial charge in [-0.15, -0.1) is 0 Å². The van der Waals surface area contributed by atoms with Crippen molar-refractivity contribution in [2.24, 2.45) is 0 Å². The summed E-state index contributed by atoms with van der Waals surface area (Å²) in [5.41, 5.74) is 2.67. The predicted molar refractivity (Wildman–Crippen MR) is 102 cm³/mol. The Morgan fingerprint density at radius 3 is 2.77 bits per heavy atom. The summed E-state index contributed by atoms with van der Waals surface area (Å²) in [6.07, 6.45) is 5.41. The van der Waals surface area contributed by atoms with Crippen LogP contribution in [0.3, 0.4) is 0 Å². The van der Waals surface area contributed by atoms with E-state index < -0.39 is 0 Å². The van der Waals surface area contributed by atoms with E-state index in [9.17, 15) is 4.79 Å². The fourth-order valence-electron chi connectivity index (χ4n) is 2.58. The zero-order valence-electron chi connectivity index (χ0n) is 14.3. The fourth-order valence-corrected chi connectivity index (χ4v) is 2.75. The van der Waals surface area contributed by atoms with Crippen LogP contribution in [0.5, 0.6) is 5.75 Å².